The van der Waals surface area contributed by atoms with Crippen molar-refractivity contribution in [1.82, 2.24) is 9.13 Å². The molecule has 0 aliphatic carbocycles. The zero-order valence-electron chi connectivity index (χ0n) is 8.50. The standard InChI is InChI=1S/C8H15N2O2Si/c1-6-13(9(4)7(2)11)10(5)8(3)12/h6H,1H2,2-5H3. The fourth-order valence-electron chi connectivity index (χ4n) is 0.821. The second-order valence-corrected chi connectivity index (χ2v) is 5.18. The molecule has 0 atom stereocenters. The van der Waals surface area contributed by atoms with E-state index >= 15 is 0 Å². The number of carbonyl (C=O) groups excluding carboxylic acids is 2. The van der Waals surface area contributed by atoms with Crippen LogP contribution in [0.4, 0.5) is 0 Å². The summed E-state index contributed by atoms with van der Waals surface area (Å²) >= 11 is 0. The van der Waals surface area contributed by atoms with Crippen molar-refractivity contribution >= 4 is 20.9 Å². The van der Waals surface area contributed by atoms with Gasteiger partial charge in [0, 0.05) is 27.9 Å². The van der Waals surface area contributed by atoms with E-state index in [1.165, 1.54) is 13.8 Å². The second kappa shape index (κ2) is 4.81. The molecule has 0 heterocycles. The first-order valence-corrected chi connectivity index (χ1v) is 5.37. The molecule has 0 bridgehead atoms. The average Bonchev–Trinajstić information content (AvgIpc) is 2.04. The normalized spacial score (nSPS) is 9.62. The SMILES string of the molecule is C=C[Si](N(C)C(C)=O)N(C)C(C)=O. The predicted molar refractivity (Wildman–Crippen MR) is 52.8 cm³/mol. The lowest BCUT2D eigenvalue weighted by molar-refractivity contribution is -0.125. The smallest absolute Gasteiger partial charge is 0.331 e. The third kappa shape index (κ3) is 3.02. The highest BCUT2D eigenvalue weighted by Gasteiger charge is 2.24. The van der Waals surface area contributed by atoms with Gasteiger partial charge in [-0.3, -0.25) is 9.59 Å². The minimum atomic E-state index is -1.41. The van der Waals surface area contributed by atoms with Crippen LogP contribution in [0.1, 0.15) is 13.8 Å². The van der Waals surface area contributed by atoms with Crippen molar-refractivity contribution in [1.29, 1.82) is 0 Å². The Morgan fingerprint density at radius 1 is 1.15 bits per heavy atom. The summed E-state index contributed by atoms with van der Waals surface area (Å²) in [6, 6.07) is 0. The largest absolute Gasteiger partial charge is 0.351 e. The van der Waals surface area contributed by atoms with Crippen LogP contribution in [-0.4, -0.2) is 44.2 Å². The van der Waals surface area contributed by atoms with E-state index in [4.69, 9.17) is 0 Å². The van der Waals surface area contributed by atoms with Crippen LogP contribution in [0, 0.1) is 0 Å². The summed E-state index contributed by atoms with van der Waals surface area (Å²) in [4.78, 5) is 22.1. The van der Waals surface area contributed by atoms with Gasteiger partial charge in [0.1, 0.15) is 0 Å². The van der Waals surface area contributed by atoms with Crippen molar-refractivity contribution in [2.45, 2.75) is 13.8 Å². The van der Waals surface area contributed by atoms with Gasteiger partial charge in [-0.1, -0.05) is 5.70 Å². The summed E-state index contributed by atoms with van der Waals surface area (Å²) in [5, 5.41) is 0. The summed E-state index contributed by atoms with van der Waals surface area (Å²) in [6.45, 7) is 6.57. The summed E-state index contributed by atoms with van der Waals surface area (Å²) in [5.41, 5.74) is 1.66. The van der Waals surface area contributed by atoms with E-state index in [0.717, 1.165) is 0 Å². The molecule has 0 saturated heterocycles. The molecule has 5 heteroatoms. The Balaban J connectivity index is 4.59. The first-order valence-electron chi connectivity index (χ1n) is 3.89. The minimum absolute atomic E-state index is 0.0538. The Morgan fingerprint density at radius 2 is 1.46 bits per heavy atom. The van der Waals surface area contributed by atoms with E-state index < -0.39 is 9.12 Å². The van der Waals surface area contributed by atoms with E-state index in [9.17, 15) is 9.59 Å². The molecule has 0 unspecified atom stereocenters. The van der Waals surface area contributed by atoms with Crippen LogP contribution in [-0.2, 0) is 9.59 Å². The molecule has 0 aromatic heterocycles. The molecule has 73 valence electrons. The molecule has 0 rings (SSSR count). The third-order valence-corrected chi connectivity index (χ3v) is 4.18. The highest BCUT2D eigenvalue weighted by molar-refractivity contribution is 6.63. The van der Waals surface area contributed by atoms with Crippen LogP contribution in [0.2, 0.25) is 0 Å². The van der Waals surface area contributed by atoms with Gasteiger partial charge in [0.05, 0.1) is 0 Å². The Hall–Kier alpha value is -1.10. The highest BCUT2D eigenvalue weighted by Crippen LogP contribution is 1.99. The molecule has 13 heavy (non-hydrogen) atoms. The maximum absolute atomic E-state index is 11.0. The van der Waals surface area contributed by atoms with Crippen molar-refractivity contribution < 1.29 is 9.59 Å². The van der Waals surface area contributed by atoms with Gasteiger partial charge in [0.25, 0.3) is 0 Å². The molecule has 0 aromatic carbocycles. The topological polar surface area (TPSA) is 40.6 Å². The molecular formula is C8H15N2O2Si. The van der Waals surface area contributed by atoms with Crippen molar-refractivity contribution in [2.24, 2.45) is 0 Å². The van der Waals surface area contributed by atoms with Gasteiger partial charge in [-0.2, -0.15) is 0 Å². The van der Waals surface area contributed by atoms with Crippen molar-refractivity contribution in [2.75, 3.05) is 14.1 Å². The first kappa shape index (κ1) is 11.9. The monoisotopic (exact) mass is 199 g/mol. The van der Waals surface area contributed by atoms with Crippen molar-refractivity contribution in [3.63, 3.8) is 0 Å². The Kier molecular flexibility index (Phi) is 4.40. The molecule has 0 N–H and O–H groups in total. The van der Waals surface area contributed by atoms with E-state index in [-0.39, 0.29) is 11.8 Å². The van der Waals surface area contributed by atoms with Crippen molar-refractivity contribution in [3.05, 3.63) is 12.3 Å². The summed E-state index contributed by atoms with van der Waals surface area (Å²) in [6.07, 6.45) is 0. The van der Waals surface area contributed by atoms with E-state index in [1.54, 1.807) is 28.9 Å². The van der Waals surface area contributed by atoms with Crippen LogP contribution in [0.3, 0.4) is 0 Å². The zero-order valence-corrected chi connectivity index (χ0v) is 9.50. The molecule has 2 amide bonds. The maximum atomic E-state index is 11.0. The zero-order chi connectivity index (χ0) is 10.6. The molecule has 0 aliphatic rings. The minimum Gasteiger partial charge on any atom is -0.351 e. The van der Waals surface area contributed by atoms with Crippen molar-refractivity contribution in [3.8, 4) is 0 Å². The van der Waals surface area contributed by atoms with Crippen LogP contribution >= 0.6 is 0 Å². The van der Waals surface area contributed by atoms with E-state index in [1.807, 2.05) is 0 Å². The Bertz CT molecular complexity index is 210. The number of amides is 2. The van der Waals surface area contributed by atoms with Gasteiger partial charge in [0.2, 0.25) is 11.8 Å². The Morgan fingerprint density at radius 3 is 1.62 bits per heavy atom. The van der Waals surface area contributed by atoms with Gasteiger partial charge in [-0.05, 0) is 0 Å². The predicted octanol–water partition coefficient (Wildman–Crippen LogP) is 0.156. The maximum Gasteiger partial charge on any atom is 0.331 e. The molecule has 0 spiro atoms. The van der Waals surface area contributed by atoms with Crippen LogP contribution in [0.25, 0.3) is 0 Å². The summed E-state index contributed by atoms with van der Waals surface area (Å²) < 4.78 is 3.11. The molecule has 0 saturated carbocycles. The van der Waals surface area contributed by atoms with Gasteiger partial charge >= 0.3 is 9.12 Å². The number of hydrogen-bond donors (Lipinski definition) is 0. The first-order chi connectivity index (χ1) is 5.91. The van der Waals surface area contributed by atoms with Crippen LogP contribution in [0.15, 0.2) is 12.3 Å². The van der Waals surface area contributed by atoms with Gasteiger partial charge in [0.15, 0.2) is 0 Å². The average molecular weight is 199 g/mol. The van der Waals surface area contributed by atoms with Gasteiger partial charge in [-0.25, -0.2) is 0 Å². The fraction of sp³-hybridized carbons (Fsp3) is 0.500. The number of carbonyl (C=O) groups is 2. The number of rotatable bonds is 3. The molecule has 0 fully saturated rings. The molecular weight excluding hydrogens is 184 g/mol. The molecule has 0 aromatic rings. The lowest BCUT2D eigenvalue weighted by atomic mass is 10.7. The lowest BCUT2D eigenvalue weighted by Crippen LogP contribution is -2.51. The second-order valence-electron chi connectivity index (χ2n) is 2.72. The highest BCUT2D eigenvalue weighted by atomic mass is 28.3. The van der Waals surface area contributed by atoms with Gasteiger partial charge in [-0.15, -0.1) is 6.58 Å². The third-order valence-electron chi connectivity index (χ3n) is 1.81. The molecule has 0 aliphatic heterocycles. The van der Waals surface area contributed by atoms with Gasteiger partial charge < -0.3 is 9.13 Å². The van der Waals surface area contributed by atoms with Crippen LogP contribution < -0.4 is 0 Å². The number of hydrogen-bond acceptors (Lipinski definition) is 2. The van der Waals surface area contributed by atoms with E-state index in [2.05, 4.69) is 6.58 Å². The number of nitrogens with zero attached hydrogens (tertiary/aromatic N) is 2. The fourth-order valence-corrected chi connectivity index (χ4v) is 2.46. The Labute approximate surface area is 80.6 Å². The molecule has 4 nitrogen and oxygen atoms in total. The lowest BCUT2D eigenvalue weighted by Gasteiger charge is -2.28. The van der Waals surface area contributed by atoms with Crippen LogP contribution in [0.5, 0.6) is 0 Å². The van der Waals surface area contributed by atoms with E-state index in [0.29, 0.717) is 0 Å². The summed E-state index contributed by atoms with van der Waals surface area (Å²) in [5.74, 6) is -0.108. The molecule has 1 radical (unpaired) electrons. The quantitative estimate of drug-likeness (QED) is 0.607. The summed E-state index contributed by atoms with van der Waals surface area (Å²) in [7, 11) is 1.95.